The number of rotatable bonds is 2. The van der Waals surface area contributed by atoms with Crippen molar-refractivity contribution in [2.45, 2.75) is 19.4 Å². The van der Waals surface area contributed by atoms with E-state index < -0.39 is 11.6 Å². The van der Waals surface area contributed by atoms with Gasteiger partial charge in [-0.3, -0.25) is 0 Å². The molecule has 0 aromatic carbocycles. The zero-order valence-corrected chi connectivity index (χ0v) is 5.69. The first-order valence-corrected chi connectivity index (χ1v) is 2.72. The van der Waals surface area contributed by atoms with Gasteiger partial charge in [-0.2, -0.15) is 0 Å². The van der Waals surface area contributed by atoms with Crippen LogP contribution in [0.1, 0.15) is 13.8 Å². The van der Waals surface area contributed by atoms with Gasteiger partial charge in [0.25, 0.3) is 0 Å². The summed E-state index contributed by atoms with van der Waals surface area (Å²) in [5.41, 5.74) is 11.3. The molecule has 0 aliphatic heterocycles. The van der Waals surface area contributed by atoms with Crippen molar-refractivity contribution in [3.63, 3.8) is 0 Å². The number of amides is 2. The number of hydrogen-bond acceptors (Lipinski definition) is 2. The molecule has 0 atom stereocenters. The molecule has 0 unspecified atom stereocenters. The van der Waals surface area contributed by atoms with Gasteiger partial charge >= 0.3 is 6.03 Å². The second-order valence-corrected chi connectivity index (χ2v) is 2.54. The SMILES string of the molecule is CC(C)(CN)NC([NH])=O. The topological polar surface area (TPSA) is 78.9 Å². The third kappa shape index (κ3) is 3.78. The molecule has 2 amide bonds. The standard InChI is InChI=1S/C5H12N3O/c1-5(2,3-6)8-4(7)9/h7H,3,6H2,1-2H3,(H,8,9). The van der Waals surface area contributed by atoms with E-state index in [1.54, 1.807) is 13.8 Å². The van der Waals surface area contributed by atoms with E-state index in [1.165, 1.54) is 0 Å². The Bertz CT molecular complexity index is 111. The Morgan fingerprint density at radius 1 is 1.78 bits per heavy atom. The molecule has 0 saturated carbocycles. The molecule has 0 spiro atoms. The summed E-state index contributed by atoms with van der Waals surface area (Å²) in [6, 6.07) is -0.787. The van der Waals surface area contributed by atoms with Crippen molar-refractivity contribution in [3.05, 3.63) is 0 Å². The fourth-order valence-corrected chi connectivity index (χ4v) is 0.358. The summed E-state index contributed by atoms with van der Waals surface area (Å²) < 4.78 is 0. The molecule has 0 fully saturated rings. The van der Waals surface area contributed by atoms with Gasteiger partial charge in [0.05, 0.1) is 0 Å². The third-order valence-corrected chi connectivity index (χ3v) is 0.962. The number of urea groups is 1. The Labute approximate surface area is 54.6 Å². The molecular formula is C5H12N3O. The van der Waals surface area contributed by atoms with E-state index in [2.05, 4.69) is 5.32 Å². The van der Waals surface area contributed by atoms with Gasteiger partial charge in [-0.1, -0.05) is 0 Å². The van der Waals surface area contributed by atoms with Crippen molar-refractivity contribution in [1.82, 2.24) is 11.1 Å². The van der Waals surface area contributed by atoms with Crippen LogP contribution >= 0.6 is 0 Å². The van der Waals surface area contributed by atoms with E-state index in [1.807, 2.05) is 0 Å². The van der Waals surface area contributed by atoms with Crippen molar-refractivity contribution >= 4 is 6.03 Å². The molecule has 0 aliphatic rings. The van der Waals surface area contributed by atoms with Crippen LogP contribution in [0.15, 0.2) is 0 Å². The normalized spacial score (nSPS) is 11.0. The molecule has 0 aromatic rings. The highest BCUT2D eigenvalue weighted by Gasteiger charge is 2.15. The Hall–Kier alpha value is -0.770. The van der Waals surface area contributed by atoms with E-state index >= 15 is 0 Å². The second-order valence-electron chi connectivity index (χ2n) is 2.54. The van der Waals surface area contributed by atoms with Crippen molar-refractivity contribution in [3.8, 4) is 0 Å². The van der Waals surface area contributed by atoms with Crippen molar-refractivity contribution in [2.24, 2.45) is 5.73 Å². The van der Waals surface area contributed by atoms with E-state index in [0.29, 0.717) is 6.54 Å². The van der Waals surface area contributed by atoms with Crippen LogP contribution in [0, 0.1) is 0 Å². The first-order valence-electron chi connectivity index (χ1n) is 2.72. The lowest BCUT2D eigenvalue weighted by Crippen LogP contribution is -2.48. The largest absolute Gasteiger partial charge is 0.333 e. The maximum absolute atomic E-state index is 10.1. The van der Waals surface area contributed by atoms with Crippen LogP contribution in [0.3, 0.4) is 0 Å². The fourth-order valence-electron chi connectivity index (χ4n) is 0.358. The van der Waals surface area contributed by atoms with E-state index in [0.717, 1.165) is 0 Å². The minimum absolute atomic E-state index is 0.345. The van der Waals surface area contributed by atoms with Gasteiger partial charge in [0.15, 0.2) is 0 Å². The lowest BCUT2D eigenvalue weighted by Gasteiger charge is -2.21. The zero-order valence-electron chi connectivity index (χ0n) is 5.69. The van der Waals surface area contributed by atoms with Gasteiger partial charge in [0, 0.05) is 12.1 Å². The maximum Gasteiger partial charge on any atom is 0.333 e. The molecule has 0 rings (SSSR count). The summed E-state index contributed by atoms with van der Waals surface area (Å²) >= 11 is 0. The number of hydrogen-bond donors (Lipinski definition) is 2. The molecular weight excluding hydrogens is 118 g/mol. The zero-order chi connectivity index (χ0) is 7.49. The lowest BCUT2D eigenvalue weighted by atomic mass is 10.1. The molecule has 0 aromatic heterocycles. The smallest absolute Gasteiger partial charge is 0.331 e. The summed E-state index contributed by atoms with van der Waals surface area (Å²) in [5, 5.41) is 2.37. The summed E-state index contributed by atoms with van der Waals surface area (Å²) in [6.45, 7) is 3.87. The Balaban J connectivity index is 3.71. The quantitative estimate of drug-likeness (QED) is 0.539. The van der Waals surface area contributed by atoms with E-state index in [4.69, 9.17) is 11.5 Å². The van der Waals surface area contributed by atoms with Crippen molar-refractivity contribution in [1.29, 1.82) is 0 Å². The highest BCUT2D eigenvalue weighted by molar-refractivity contribution is 5.71. The van der Waals surface area contributed by atoms with Crippen molar-refractivity contribution < 1.29 is 4.79 Å². The Morgan fingerprint density at radius 3 is 2.33 bits per heavy atom. The van der Waals surface area contributed by atoms with Crippen LogP contribution in [0.4, 0.5) is 4.79 Å². The van der Waals surface area contributed by atoms with Gasteiger partial charge in [0.2, 0.25) is 0 Å². The highest BCUT2D eigenvalue weighted by Crippen LogP contribution is 1.96. The molecule has 1 radical (unpaired) electrons. The highest BCUT2D eigenvalue weighted by atomic mass is 16.2. The second kappa shape index (κ2) is 2.68. The average Bonchev–Trinajstić information content (AvgIpc) is 1.63. The van der Waals surface area contributed by atoms with Gasteiger partial charge in [-0.15, -0.1) is 0 Å². The molecule has 4 heteroatoms. The molecule has 4 N–H and O–H groups in total. The van der Waals surface area contributed by atoms with Crippen LogP contribution in [-0.4, -0.2) is 18.1 Å². The first-order chi connectivity index (χ1) is 3.98. The van der Waals surface area contributed by atoms with Crippen LogP contribution in [0.25, 0.3) is 0 Å². The number of carbonyl (C=O) groups excluding carboxylic acids is 1. The number of nitrogens with one attached hydrogen (secondary N) is 2. The minimum Gasteiger partial charge on any atom is -0.331 e. The predicted molar refractivity (Wildman–Crippen MR) is 34.8 cm³/mol. The number of nitrogens with two attached hydrogens (primary N) is 1. The summed E-state index contributed by atoms with van der Waals surface area (Å²) in [4.78, 5) is 10.1. The molecule has 0 saturated heterocycles. The Morgan fingerprint density at radius 2 is 2.22 bits per heavy atom. The molecule has 4 nitrogen and oxygen atoms in total. The molecule has 53 valence electrons. The monoisotopic (exact) mass is 130 g/mol. The Kier molecular flexibility index (Phi) is 2.45. The number of carbonyl (C=O) groups is 1. The first kappa shape index (κ1) is 8.23. The molecule has 9 heavy (non-hydrogen) atoms. The minimum atomic E-state index is -0.787. The molecule has 0 aliphatic carbocycles. The molecule has 0 bridgehead atoms. The van der Waals surface area contributed by atoms with Crippen LogP contribution in [-0.2, 0) is 0 Å². The maximum atomic E-state index is 10.1. The van der Waals surface area contributed by atoms with Crippen LogP contribution in [0.2, 0.25) is 0 Å². The molecule has 0 heterocycles. The summed E-state index contributed by atoms with van der Waals surface area (Å²) in [5.74, 6) is 0. The fraction of sp³-hybridized carbons (Fsp3) is 0.800. The van der Waals surface area contributed by atoms with Gasteiger partial charge in [-0.05, 0) is 13.8 Å². The van der Waals surface area contributed by atoms with E-state index in [9.17, 15) is 4.79 Å². The van der Waals surface area contributed by atoms with E-state index in [-0.39, 0.29) is 0 Å². The summed E-state index contributed by atoms with van der Waals surface area (Å²) in [6.07, 6.45) is 0. The van der Waals surface area contributed by atoms with Crippen molar-refractivity contribution in [2.75, 3.05) is 6.54 Å². The van der Waals surface area contributed by atoms with Gasteiger partial charge in [-0.25, -0.2) is 10.5 Å². The van der Waals surface area contributed by atoms with Crippen LogP contribution in [0.5, 0.6) is 0 Å². The van der Waals surface area contributed by atoms with Gasteiger partial charge < -0.3 is 11.1 Å². The van der Waals surface area contributed by atoms with Crippen LogP contribution < -0.4 is 16.8 Å². The summed E-state index contributed by atoms with van der Waals surface area (Å²) in [7, 11) is 0. The predicted octanol–water partition coefficient (Wildman–Crippen LogP) is -0.284. The lowest BCUT2D eigenvalue weighted by molar-refractivity contribution is 0.237. The third-order valence-electron chi connectivity index (χ3n) is 0.962. The average molecular weight is 130 g/mol. The van der Waals surface area contributed by atoms with Gasteiger partial charge in [0.1, 0.15) is 0 Å².